The molecule has 6 nitrogen and oxygen atoms in total. The number of carbonyl (C=O) groups excluding carboxylic acids is 3. The van der Waals surface area contributed by atoms with Crippen molar-refractivity contribution in [2.45, 2.75) is 6.42 Å². The molecule has 0 aliphatic carbocycles. The molecule has 2 rings (SSSR count). The minimum atomic E-state index is -0.449. The lowest BCUT2D eigenvalue weighted by Gasteiger charge is -2.14. The van der Waals surface area contributed by atoms with Crippen LogP contribution in [0.1, 0.15) is 16.8 Å². The number of pyridine rings is 1. The second-order valence-corrected chi connectivity index (χ2v) is 4.00. The van der Waals surface area contributed by atoms with E-state index in [1.54, 1.807) is 12.1 Å². The van der Waals surface area contributed by atoms with Crippen LogP contribution < -0.4 is 4.90 Å². The van der Waals surface area contributed by atoms with Crippen molar-refractivity contribution in [2.24, 2.45) is 5.92 Å². The van der Waals surface area contributed by atoms with E-state index in [0.717, 1.165) is 0 Å². The number of carbonyl (C=O) groups is 3. The van der Waals surface area contributed by atoms with E-state index in [9.17, 15) is 14.4 Å². The van der Waals surface area contributed by atoms with Gasteiger partial charge in [-0.2, -0.15) is 0 Å². The van der Waals surface area contributed by atoms with Crippen molar-refractivity contribution in [3.8, 4) is 0 Å². The second-order valence-electron chi connectivity index (χ2n) is 4.00. The van der Waals surface area contributed by atoms with Crippen LogP contribution in [0.25, 0.3) is 0 Å². The van der Waals surface area contributed by atoms with E-state index in [4.69, 9.17) is 0 Å². The quantitative estimate of drug-likeness (QED) is 0.572. The van der Waals surface area contributed by atoms with Crippen LogP contribution in [-0.2, 0) is 14.3 Å². The molecule has 0 aromatic carbocycles. The van der Waals surface area contributed by atoms with Gasteiger partial charge in [-0.25, -0.2) is 4.98 Å². The summed E-state index contributed by atoms with van der Waals surface area (Å²) in [6.07, 6.45) is 2.20. The van der Waals surface area contributed by atoms with E-state index in [1.807, 2.05) is 0 Å². The molecule has 1 aliphatic rings. The van der Waals surface area contributed by atoms with Crippen molar-refractivity contribution in [3.63, 3.8) is 0 Å². The predicted octanol–water partition coefficient (Wildman–Crippen LogP) is 0.420. The molecular formula is C12H12N2O4. The lowest BCUT2D eigenvalue weighted by molar-refractivity contribution is -0.145. The van der Waals surface area contributed by atoms with Crippen molar-refractivity contribution in [3.05, 3.63) is 23.9 Å². The molecule has 1 aliphatic heterocycles. The van der Waals surface area contributed by atoms with Gasteiger partial charge in [0.15, 0.2) is 6.29 Å². The molecule has 18 heavy (non-hydrogen) atoms. The molecule has 1 aromatic rings. The van der Waals surface area contributed by atoms with Crippen LogP contribution in [0, 0.1) is 5.92 Å². The fraction of sp³-hybridized carbons (Fsp3) is 0.333. The molecule has 0 N–H and O–H groups in total. The lowest BCUT2D eigenvalue weighted by Crippen LogP contribution is -2.27. The summed E-state index contributed by atoms with van der Waals surface area (Å²) in [7, 11) is 1.30. The Bertz CT molecular complexity index is 483. The summed E-state index contributed by atoms with van der Waals surface area (Å²) < 4.78 is 4.62. The first-order valence-corrected chi connectivity index (χ1v) is 5.45. The third-order valence-corrected chi connectivity index (χ3v) is 2.84. The highest BCUT2D eigenvalue weighted by Crippen LogP contribution is 2.24. The standard InChI is InChI=1S/C12H12N2O4/c1-18-12(17)9-4-11(16)14(6-9)10-3-2-8(7-15)5-13-10/h2-3,5,7,9H,4,6H2,1H3. The molecule has 1 aromatic heterocycles. The highest BCUT2D eigenvalue weighted by Gasteiger charge is 2.36. The molecular weight excluding hydrogens is 236 g/mol. The van der Waals surface area contributed by atoms with Gasteiger partial charge < -0.3 is 4.74 Å². The number of aldehydes is 1. The van der Waals surface area contributed by atoms with E-state index in [-0.39, 0.29) is 18.9 Å². The number of hydrogen-bond donors (Lipinski definition) is 0. The minimum absolute atomic E-state index is 0.129. The Morgan fingerprint density at radius 1 is 1.56 bits per heavy atom. The van der Waals surface area contributed by atoms with Crippen molar-refractivity contribution in [2.75, 3.05) is 18.6 Å². The zero-order valence-electron chi connectivity index (χ0n) is 9.83. The molecule has 94 valence electrons. The molecule has 1 atom stereocenters. The molecule has 1 amide bonds. The maximum absolute atomic E-state index is 11.8. The summed E-state index contributed by atoms with van der Waals surface area (Å²) in [5.41, 5.74) is 0.440. The van der Waals surface area contributed by atoms with Gasteiger partial charge in [-0.15, -0.1) is 0 Å². The molecule has 0 spiro atoms. The summed E-state index contributed by atoms with van der Waals surface area (Å²) >= 11 is 0. The number of amides is 1. The molecule has 0 bridgehead atoms. The predicted molar refractivity (Wildman–Crippen MR) is 62.1 cm³/mol. The van der Waals surface area contributed by atoms with Gasteiger partial charge in [0.05, 0.1) is 13.0 Å². The Morgan fingerprint density at radius 3 is 2.89 bits per heavy atom. The second kappa shape index (κ2) is 4.95. The highest BCUT2D eigenvalue weighted by atomic mass is 16.5. The zero-order chi connectivity index (χ0) is 13.1. The third kappa shape index (κ3) is 2.22. The summed E-state index contributed by atoms with van der Waals surface area (Å²) in [4.78, 5) is 39.1. The molecule has 0 saturated carbocycles. The first-order valence-electron chi connectivity index (χ1n) is 5.45. The number of methoxy groups -OCH3 is 1. The lowest BCUT2D eigenvalue weighted by atomic mass is 10.1. The number of ether oxygens (including phenoxy) is 1. The maximum atomic E-state index is 11.8. The number of nitrogens with zero attached hydrogens (tertiary/aromatic N) is 2. The van der Waals surface area contributed by atoms with Crippen molar-refractivity contribution >= 4 is 24.0 Å². The number of esters is 1. The molecule has 1 fully saturated rings. The van der Waals surface area contributed by atoms with Gasteiger partial charge in [0.1, 0.15) is 5.82 Å². The number of hydrogen-bond acceptors (Lipinski definition) is 5. The minimum Gasteiger partial charge on any atom is -0.469 e. The van der Waals surface area contributed by atoms with Crippen molar-refractivity contribution in [1.82, 2.24) is 4.98 Å². The van der Waals surface area contributed by atoms with Gasteiger partial charge in [-0.05, 0) is 12.1 Å². The Hall–Kier alpha value is -2.24. The van der Waals surface area contributed by atoms with Crippen LogP contribution in [0.5, 0.6) is 0 Å². The van der Waals surface area contributed by atoms with Gasteiger partial charge in [0, 0.05) is 24.7 Å². The molecule has 1 unspecified atom stereocenters. The zero-order valence-corrected chi connectivity index (χ0v) is 9.83. The van der Waals surface area contributed by atoms with E-state index in [2.05, 4.69) is 9.72 Å². The summed E-state index contributed by atoms with van der Waals surface area (Å²) in [5, 5.41) is 0. The first-order chi connectivity index (χ1) is 8.65. The number of anilines is 1. The highest BCUT2D eigenvalue weighted by molar-refractivity contribution is 5.98. The topological polar surface area (TPSA) is 76.6 Å². The SMILES string of the molecule is COC(=O)C1CC(=O)N(c2ccc(C=O)cn2)C1. The van der Waals surface area contributed by atoms with Gasteiger partial charge in [0.25, 0.3) is 0 Å². The Kier molecular flexibility index (Phi) is 3.36. The Labute approximate surface area is 104 Å². The number of rotatable bonds is 3. The van der Waals surface area contributed by atoms with E-state index in [0.29, 0.717) is 17.7 Å². The van der Waals surface area contributed by atoms with Crippen LogP contribution in [-0.4, -0.2) is 36.8 Å². The number of aromatic nitrogens is 1. The third-order valence-electron chi connectivity index (χ3n) is 2.84. The van der Waals surface area contributed by atoms with Gasteiger partial charge in [-0.1, -0.05) is 0 Å². The van der Waals surface area contributed by atoms with E-state index in [1.165, 1.54) is 18.2 Å². The van der Waals surface area contributed by atoms with Crippen molar-refractivity contribution < 1.29 is 19.1 Å². The van der Waals surface area contributed by atoms with E-state index >= 15 is 0 Å². The van der Waals surface area contributed by atoms with Crippen LogP contribution in [0.2, 0.25) is 0 Å². The first kappa shape index (κ1) is 12.2. The van der Waals surface area contributed by atoms with Gasteiger partial charge in [0.2, 0.25) is 5.91 Å². The van der Waals surface area contributed by atoms with Crippen LogP contribution in [0.3, 0.4) is 0 Å². The van der Waals surface area contributed by atoms with E-state index < -0.39 is 11.9 Å². The van der Waals surface area contributed by atoms with Crippen molar-refractivity contribution in [1.29, 1.82) is 0 Å². The largest absolute Gasteiger partial charge is 0.469 e. The summed E-state index contributed by atoms with van der Waals surface area (Å²) in [6.45, 7) is 0.263. The van der Waals surface area contributed by atoms with Crippen LogP contribution >= 0.6 is 0 Å². The molecule has 2 heterocycles. The fourth-order valence-corrected chi connectivity index (χ4v) is 1.88. The smallest absolute Gasteiger partial charge is 0.311 e. The molecule has 0 radical (unpaired) electrons. The normalized spacial score (nSPS) is 18.8. The monoisotopic (exact) mass is 248 g/mol. The Morgan fingerprint density at radius 2 is 2.33 bits per heavy atom. The molecule has 1 saturated heterocycles. The van der Waals surface area contributed by atoms with Gasteiger partial charge >= 0.3 is 5.97 Å². The van der Waals surface area contributed by atoms with Crippen LogP contribution in [0.4, 0.5) is 5.82 Å². The summed E-state index contributed by atoms with van der Waals surface area (Å²) in [6, 6.07) is 3.16. The van der Waals surface area contributed by atoms with Gasteiger partial charge in [-0.3, -0.25) is 19.3 Å². The fourth-order valence-electron chi connectivity index (χ4n) is 1.88. The van der Waals surface area contributed by atoms with Crippen LogP contribution in [0.15, 0.2) is 18.3 Å². The average molecular weight is 248 g/mol. The maximum Gasteiger partial charge on any atom is 0.311 e. The Balaban J connectivity index is 2.16. The molecule has 6 heteroatoms. The average Bonchev–Trinajstić information content (AvgIpc) is 2.80. The summed E-state index contributed by atoms with van der Waals surface area (Å²) in [5.74, 6) is -0.570.